The monoisotopic (exact) mass is 383 g/mol. The summed E-state index contributed by atoms with van der Waals surface area (Å²) in [7, 11) is 1.47. The number of aromatic nitrogens is 1. The van der Waals surface area contributed by atoms with Gasteiger partial charge >= 0.3 is 0 Å². The van der Waals surface area contributed by atoms with Crippen molar-refractivity contribution in [2.75, 3.05) is 12.4 Å². The number of benzene rings is 3. The molecule has 0 bridgehead atoms. The summed E-state index contributed by atoms with van der Waals surface area (Å²) in [6.45, 7) is 0. The van der Waals surface area contributed by atoms with E-state index in [1.165, 1.54) is 19.4 Å². The molecule has 0 amide bonds. The topological polar surface area (TPSA) is 87.4 Å². The second-order valence-corrected chi connectivity index (χ2v) is 6.26. The Morgan fingerprint density at radius 2 is 1.72 bits per heavy atom. The van der Waals surface area contributed by atoms with Crippen molar-refractivity contribution in [1.29, 1.82) is 5.26 Å². The average molecular weight is 383 g/mol. The molecule has 0 unspecified atom stereocenters. The Morgan fingerprint density at radius 1 is 1.00 bits per heavy atom. The van der Waals surface area contributed by atoms with E-state index in [4.69, 9.17) is 9.47 Å². The average Bonchev–Trinajstić information content (AvgIpc) is 2.76. The third-order valence-electron chi connectivity index (χ3n) is 4.39. The molecule has 0 radical (unpaired) electrons. The van der Waals surface area contributed by atoms with Crippen LogP contribution in [0.2, 0.25) is 0 Å². The largest absolute Gasteiger partial charge is 0.504 e. The van der Waals surface area contributed by atoms with E-state index >= 15 is 0 Å². The summed E-state index contributed by atoms with van der Waals surface area (Å²) in [5.74, 6) is 1.75. The maximum absolute atomic E-state index is 10.2. The van der Waals surface area contributed by atoms with Crippen LogP contribution < -0.4 is 14.8 Å². The highest BCUT2D eigenvalue weighted by molar-refractivity contribution is 5.97. The zero-order valence-corrected chi connectivity index (χ0v) is 15.6. The summed E-state index contributed by atoms with van der Waals surface area (Å²) >= 11 is 0. The predicted octanol–water partition coefficient (Wildman–Crippen LogP) is 5.36. The number of nitriles is 1. The first-order valence-corrected chi connectivity index (χ1v) is 8.88. The van der Waals surface area contributed by atoms with E-state index < -0.39 is 0 Å². The molecule has 1 aromatic heterocycles. The van der Waals surface area contributed by atoms with Crippen molar-refractivity contribution in [3.8, 4) is 29.1 Å². The van der Waals surface area contributed by atoms with Crippen LogP contribution in [0.25, 0.3) is 10.9 Å². The number of nitrogens with one attached hydrogen (secondary N) is 1. The number of hydrogen-bond acceptors (Lipinski definition) is 6. The fourth-order valence-corrected chi connectivity index (χ4v) is 2.97. The van der Waals surface area contributed by atoms with Gasteiger partial charge in [-0.3, -0.25) is 4.98 Å². The summed E-state index contributed by atoms with van der Waals surface area (Å²) in [6, 6.07) is 22.2. The SMILES string of the molecule is COc1cc2ncc(C#N)c(Nc3ccc(Oc4ccccc4)cc3)c2cc1O. The molecule has 0 saturated carbocycles. The molecule has 0 saturated heterocycles. The molecular weight excluding hydrogens is 366 g/mol. The van der Waals surface area contributed by atoms with E-state index in [0.29, 0.717) is 33.7 Å². The number of hydrogen-bond donors (Lipinski definition) is 2. The highest BCUT2D eigenvalue weighted by Crippen LogP contribution is 2.36. The molecule has 0 aliphatic rings. The van der Waals surface area contributed by atoms with Crippen molar-refractivity contribution in [1.82, 2.24) is 4.98 Å². The van der Waals surface area contributed by atoms with Gasteiger partial charge in [0, 0.05) is 23.3 Å². The number of rotatable bonds is 5. The standard InChI is InChI=1S/C23H17N3O3/c1-28-22-12-20-19(11-21(22)27)23(15(13-24)14-25-20)26-16-7-9-18(10-8-16)29-17-5-3-2-4-6-17/h2-12,14,27H,1H3,(H,25,26). The van der Waals surface area contributed by atoms with Crippen molar-refractivity contribution < 1.29 is 14.6 Å². The molecule has 0 fully saturated rings. The van der Waals surface area contributed by atoms with E-state index in [1.54, 1.807) is 6.07 Å². The molecule has 2 N–H and O–H groups in total. The van der Waals surface area contributed by atoms with Crippen molar-refractivity contribution in [2.45, 2.75) is 0 Å². The quantitative estimate of drug-likeness (QED) is 0.483. The summed E-state index contributed by atoms with van der Waals surface area (Å²) in [5, 5.41) is 23.5. The molecule has 4 rings (SSSR count). The van der Waals surface area contributed by atoms with Crippen molar-refractivity contribution in [2.24, 2.45) is 0 Å². The van der Waals surface area contributed by atoms with Crippen LogP contribution in [0.3, 0.4) is 0 Å². The second-order valence-electron chi connectivity index (χ2n) is 6.26. The Morgan fingerprint density at radius 3 is 2.41 bits per heavy atom. The molecule has 142 valence electrons. The van der Waals surface area contributed by atoms with Gasteiger partial charge in [0.15, 0.2) is 11.5 Å². The van der Waals surface area contributed by atoms with E-state index in [0.717, 1.165) is 11.4 Å². The van der Waals surface area contributed by atoms with Crippen LogP contribution in [-0.2, 0) is 0 Å². The number of anilines is 2. The smallest absolute Gasteiger partial charge is 0.162 e. The lowest BCUT2D eigenvalue weighted by Gasteiger charge is -2.13. The highest BCUT2D eigenvalue weighted by Gasteiger charge is 2.13. The van der Waals surface area contributed by atoms with Gasteiger partial charge in [-0.15, -0.1) is 0 Å². The van der Waals surface area contributed by atoms with Gasteiger partial charge in [-0.05, 0) is 42.5 Å². The van der Waals surface area contributed by atoms with E-state index in [-0.39, 0.29) is 5.75 Å². The molecule has 6 nitrogen and oxygen atoms in total. The Balaban J connectivity index is 1.66. The molecule has 4 aromatic rings. The fraction of sp³-hybridized carbons (Fsp3) is 0.0435. The zero-order chi connectivity index (χ0) is 20.2. The number of aromatic hydroxyl groups is 1. The predicted molar refractivity (Wildman–Crippen MR) is 111 cm³/mol. The molecule has 6 heteroatoms. The Kier molecular flexibility index (Phi) is 4.87. The van der Waals surface area contributed by atoms with Crippen LogP contribution >= 0.6 is 0 Å². The molecule has 0 aliphatic heterocycles. The molecule has 29 heavy (non-hydrogen) atoms. The molecule has 0 atom stereocenters. The van der Waals surface area contributed by atoms with Crippen LogP contribution in [0.15, 0.2) is 72.9 Å². The minimum atomic E-state index is -0.0217. The van der Waals surface area contributed by atoms with E-state index in [2.05, 4.69) is 16.4 Å². The van der Waals surface area contributed by atoms with Crippen LogP contribution in [0, 0.1) is 11.3 Å². The van der Waals surface area contributed by atoms with Crippen molar-refractivity contribution >= 4 is 22.3 Å². The minimum absolute atomic E-state index is 0.0217. The number of methoxy groups -OCH3 is 1. The second kappa shape index (κ2) is 7.79. The minimum Gasteiger partial charge on any atom is -0.504 e. The van der Waals surface area contributed by atoms with Gasteiger partial charge in [-0.2, -0.15) is 5.26 Å². The number of nitrogens with zero attached hydrogens (tertiary/aromatic N) is 2. The first-order chi connectivity index (χ1) is 14.2. The van der Waals surface area contributed by atoms with Gasteiger partial charge < -0.3 is 19.9 Å². The van der Waals surface area contributed by atoms with Gasteiger partial charge in [-0.25, -0.2) is 0 Å². The summed E-state index contributed by atoms with van der Waals surface area (Å²) < 4.78 is 10.9. The maximum Gasteiger partial charge on any atom is 0.162 e. The maximum atomic E-state index is 10.2. The molecule has 3 aromatic carbocycles. The van der Waals surface area contributed by atoms with Gasteiger partial charge in [-0.1, -0.05) is 18.2 Å². The van der Waals surface area contributed by atoms with Crippen LogP contribution in [-0.4, -0.2) is 17.2 Å². The number of phenolic OH excluding ortho intramolecular Hbond substituents is 1. The van der Waals surface area contributed by atoms with Crippen LogP contribution in [0.4, 0.5) is 11.4 Å². The summed E-state index contributed by atoms with van der Waals surface area (Å²) in [5.41, 5.74) is 2.30. The lowest BCUT2D eigenvalue weighted by atomic mass is 10.1. The lowest BCUT2D eigenvalue weighted by molar-refractivity contribution is 0.374. The Hall–Kier alpha value is -4.24. The van der Waals surface area contributed by atoms with Crippen LogP contribution in [0.1, 0.15) is 5.56 Å². The van der Waals surface area contributed by atoms with Gasteiger partial charge in [0.2, 0.25) is 0 Å². The fourth-order valence-electron chi connectivity index (χ4n) is 2.97. The molecule has 0 spiro atoms. The number of para-hydroxylation sites is 1. The summed E-state index contributed by atoms with van der Waals surface area (Å²) in [4.78, 5) is 4.29. The summed E-state index contributed by atoms with van der Waals surface area (Å²) in [6.07, 6.45) is 1.49. The highest BCUT2D eigenvalue weighted by atomic mass is 16.5. The van der Waals surface area contributed by atoms with Gasteiger partial charge in [0.05, 0.1) is 23.9 Å². The van der Waals surface area contributed by atoms with Crippen molar-refractivity contribution in [3.63, 3.8) is 0 Å². The molecular formula is C23H17N3O3. The van der Waals surface area contributed by atoms with Crippen LogP contribution in [0.5, 0.6) is 23.0 Å². The lowest BCUT2D eigenvalue weighted by Crippen LogP contribution is -1.97. The van der Waals surface area contributed by atoms with Crippen molar-refractivity contribution in [3.05, 3.63) is 78.5 Å². The molecule has 0 aliphatic carbocycles. The Bertz CT molecular complexity index is 1200. The number of ether oxygens (including phenoxy) is 2. The van der Waals surface area contributed by atoms with Gasteiger partial charge in [0.25, 0.3) is 0 Å². The Labute approximate surface area is 167 Å². The van der Waals surface area contributed by atoms with E-state index in [9.17, 15) is 10.4 Å². The van der Waals surface area contributed by atoms with E-state index in [1.807, 2.05) is 54.6 Å². The number of phenols is 1. The van der Waals surface area contributed by atoms with Gasteiger partial charge in [0.1, 0.15) is 17.6 Å². The number of pyridine rings is 1. The molecule has 1 heterocycles. The third kappa shape index (κ3) is 3.75. The zero-order valence-electron chi connectivity index (χ0n) is 15.6. The third-order valence-corrected chi connectivity index (χ3v) is 4.39. The number of fused-ring (bicyclic) bond motifs is 1. The first-order valence-electron chi connectivity index (χ1n) is 8.88. The first kappa shape index (κ1) is 18.1. The normalized spacial score (nSPS) is 10.3.